The number of nitrogens with zero attached hydrogens (tertiary/aromatic N) is 2. The molecule has 5 heteroatoms. The number of hydrogen-bond donors (Lipinski definition) is 1. The summed E-state index contributed by atoms with van der Waals surface area (Å²) >= 11 is 0. The average molecular weight is 365 g/mol. The third-order valence-corrected chi connectivity index (χ3v) is 5.63. The molecule has 0 radical (unpaired) electrons. The summed E-state index contributed by atoms with van der Waals surface area (Å²) in [4.78, 5) is 17.0. The first kappa shape index (κ1) is 17.9. The van der Waals surface area contributed by atoms with Gasteiger partial charge in [-0.25, -0.2) is 4.79 Å². The van der Waals surface area contributed by atoms with Gasteiger partial charge < -0.3 is 9.72 Å². The number of rotatable bonds is 6. The predicted molar refractivity (Wildman–Crippen MR) is 108 cm³/mol. The lowest BCUT2D eigenvalue weighted by Gasteiger charge is -2.31. The summed E-state index contributed by atoms with van der Waals surface area (Å²) in [6.07, 6.45) is 3.71. The average Bonchev–Trinajstić information content (AvgIpc) is 2.98. The lowest BCUT2D eigenvalue weighted by atomic mass is 9.90. The standard InChI is InChI=1S/C22H27N3O2/c1-24-21-16-19(7-8-20(21)23-22(24)26)27-14-13-25-11-9-18(10-12-25)15-17-5-3-2-4-6-17/h2-8,16,18H,9-15H2,1H3,(H,23,26). The van der Waals surface area contributed by atoms with E-state index < -0.39 is 0 Å². The van der Waals surface area contributed by atoms with Crippen molar-refractivity contribution in [3.8, 4) is 5.75 Å². The van der Waals surface area contributed by atoms with E-state index >= 15 is 0 Å². The summed E-state index contributed by atoms with van der Waals surface area (Å²) in [5.74, 6) is 1.61. The van der Waals surface area contributed by atoms with Gasteiger partial charge in [0.25, 0.3) is 0 Å². The van der Waals surface area contributed by atoms with Crippen molar-refractivity contribution in [1.29, 1.82) is 0 Å². The third kappa shape index (κ3) is 4.25. The molecule has 2 heterocycles. The van der Waals surface area contributed by atoms with Gasteiger partial charge in [-0.1, -0.05) is 30.3 Å². The maximum atomic E-state index is 11.7. The van der Waals surface area contributed by atoms with E-state index in [2.05, 4.69) is 40.2 Å². The zero-order valence-electron chi connectivity index (χ0n) is 15.9. The predicted octanol–water partition coefficient (Wildman–Crippen LogP) is 3.20. The molecule has 1 N–H and O–H groups in total. The van der Waals surface area contributed by atoms with Gasteiger partial charge in [0.1, 0.15) is 12.4 Å². The van der Waals surface area contributed by atoms with E-state index in [0.717, 1.165) is 42.3 Å². The quantitative estimate of drug-likeness (QED) is 0.730. The van der Waals surface area contributed by atoms with Crippen LogP contribution in [-0.4, -0.2) is 40.7 Å². The minimum Gasteiger partial charge on any atom is -0.492 e. The van der Waals surface area contributed by atoms with E-state index in [4.69, 9.17) is 4.74 Å². The van der Waals surface area contributed by atoms with Gasteiger partial charge in [0.15, 0.2) is 0 Å². The van der Waals surface area contributed by atoms with E-state index in [-0.39, 0.29) is 5.69 Å². The van der Waals surface area contributed by atoms with Crippen molar-refractivity contribution in [3.63, 3.8) is 0 Å². The Morgan fingerprint density at radius 3 is 2.67 bits per heavy atom. The Hall–Kier alpha value is -2.53. The molecule has 0 unspecified atom stereocenters. The van der Waals surface area contributed by atoms with Gasteiger partial charge in [0.2, 0.25) is 0 Å². The van der Waals surface area contributed by atoms with Crippen LogP contribution in [0.2, 0.25) is 0 Å². The molecule has 1 aromatic heterocycles. The van der Waals surface area contributed by atoms with Crippen molar-refractivity contribution in [2.24, 2.45) is 13.0 Å². The molecule has 4 rings (SSSR count). The highest BCUT2D eigenvalue weighted by atomic mass is 16.5. The summed E-state index contributed by atoms with van der Waals surface area (Å²) in [5, 5.41) is 0. The largest absolute Gasteiger partial charge is 0.492 e. The van der Waals surface area contributed by atoms with Crippen molar-refractivity contribution >= 4 is 11.0 Å². The summed E-state index contributed by atoms with van der Waals surface area (Å²) in [6, 6.07) is 16.6. The van der Waals surface area contributed by atoms with Crippen molar-refractivity contribution in [2.45, 2.75) is 19.3 Å². The molecular formula is C22H27N3O2. The number of H-pyrrole nitrogens is 1. The molecule has 2 aromatic carbocycles. The fourth-order valence-corrected chi connectivity index (χ4v) is 3.95. The topological polar surface area (TPSA) is 50.3 Å². The van der Waals surface area contributed by atoms with E-state index in [1.807, 2.05) is 18.2 Å². The SMILES string of the molecule is Cn1c(=O)[nH]c2ccc(OCCN3CCC(Cc4ccccc4)CC3)cc21. The molecule has 0 amide bonds. The number of benzene rings is 2. The van der Waals surface area contributed by atoms with Gasteiger partial charge in [-0.15, -0.1) is 0 Å². The maximum Gasteiger partial charge on any atom is 0.326 e. The summed E-state index contributed by atoms with van der Waals surface area (Å²) in [7, 11) is 1.77. The van der Waals surface area contributed by atoms with E-state index in [9.17, 15) is 4.79 Å². The lowest BCUT2D eigenvalue weighted by Crippen LogP contribution is -2.37. The zero-order chi connectivity index (χ0) is 18.6. The number of aromatic nitrogens is 2. The zero-order valence-corrected chi connectivity index (χ0v) is 15.9. The molecule has 0 aliphatic carbocycles. The molecule has 1 fully saturated rings. The number of hydrogen-bond acceptors (Lipinski definition) is 3. The van der Waals surface area contributed by atoms with Crippen LogP contribution >= 0.6 is 0 Å². The second-order valence-corrected chi connectivity index (χ2v) is 7.49. The molecule has 142 valence electrons. The molecule has 1 saturated heterocycles. The maximum absolute atomic E-state index is 11.7. The van der Waals surface area contributed by atoms with Crippen LogP contribution in [0.15, 0.2) is 53.3 Å². The van der Waals surface area contributed by atoms with Crippen molar-refractivity contribution < 1.29 is 4.74 Å². The summed E-state index contributed by atoms with van der Waals surface area (Å²) in [6.45, 7) is 3.91. The molecule has 3 aromatic rings. The number of piperidine rings is 1. The van der Waals surface area contributed by atoms with Crippen LogP contribution in [-0.2, 0) is 13.5 Å². The lowest BCUT2D eigenvalue weighted by molar-refractivity contribution is 0.155. The van der Waals surface area contributed by atoms with Crippen LogP contribution in [0.4, 0.5) is 0 Å². The van der Waals surface area contributed by atoms with Crippen molar-refractivity contribution in [2.75, 3.05) is 26.2 Å². The third-order valence-electron chi connectivity index (χ3n) is 5.63. The molecule has 1 aliphatic rings. The van der Waals surface area contributed by atoms with Crippen LogP contribution in [0, 0.1) is 5.92 Å². The number of fused-ring (bicyclic) bond motifs is 1. The molecule has 0 spiro atoms. The number of ether oxygens (including phenoxy) is 1. The van der Waals surface area contributed by atoms with Gasteiger partial charge in [0.05, 0.1) is 11.0 Å². The normalized spacial score (nSPS) is 16.0. The molecule has 0 atom stereocenters. The fourth-order valence-electron chi connectivity index (χ4n) is 3.95. The highest BCUT2D eigenvalue weighted by Gasteiger charge is 2.19. The van der Waals surface area contributed by atoms with Gasteiger partial charge in [-0.05, 0) is 56.0 Å². The Balaban J connectivity index is 1.23. The molecule has 0 saturated carbocycles. The van der Waals surface area contributed by atoms with Gasteiger partial charge in [-0.2, -0.15) is 0 Å². The number of nitrogens with one attached hydrogen (secondary N) is 1. The highest BCUT2D eigenvalue weighted by molar-refractivity contribution is 5.76. The first-order valence-electron chi connectivity index (χ1n) is 9.77. The van der Waals surface area contributed by atoms with Gasteiger partial charge >= 0.3 is 5.69 Å². The van der Waals surface area contributed by atoms with Crippen LogP contribution < -0.4 is 10.4 Å². The Labute approximate surface area is 159 Å². The highest BCUT2D eigenvalue weighted by Crippen LogP contribution is 2.22. The Bertz CT molecular complexity index is 937. The van der Waals surface area contributed by atoms with E-state index in [1.54, 1.807) is 11.6 Å². The summed E-state index contributed by atoms with van der Waals surface area (Å²) in [5.41, 5.74) is 3.07. The Morgan fingerprint density at radius 1 is 1.11 bits per heavy atom. The molecule has 1 aliphatic heterocycles. The molecule has 27 heavy (non-hydrogen) atoms. The molecule has 0 bridgehead atoms. The van der Waals surface area contributed by atoms with Crippen molar-refractivity contribution in [1.82, 2.24) is 14.5 Å². The van der Waals surface area contributed by atoms with Gasteiger partial charge in [0, 0.05) is 19.7 Å². The summed E-state index contributed by atoms with van der Waals surface area (Å²) < 4.78 is 7.54. The van der Waals surface area contributed by atoms with E-state index in [0.29, 0.717) is 6.61 Å². The number of likely N-dealkylation sites (tertiary alicyclic amines) is 1. The van der Waals surface area contributed by atoms with Crippen LogP contribution in [0.25, 0.3) is 11.0 Å². The smallest absolute Gasteiger partial charge is 0.326 e. The minimum absolute atomic E-state index is 0.0967. The first-order valence-corrected chi connectivity index (χ1v) is 9.77. The Kier molecular flexibility index (Phi) is 5.30. The van der Waals surface area contributed by atoms with Crippen LogP contribution in [0.5, 0.6) is 5.75 Å². The minimum atomic E-state index is -0.0967. The second kappa shape index (κ2) is 8.01. The fraction of sp³-hybridized carbons (Fsp3) is 0.409. The van der Waals surface area contributed by atoms with Crippen LogP contribution in [0.3, 0.4) is 0 Å². The first-order chi connectivity index (χ1) is 13.2. The van der Waals surface area contributed by atoms with Crippen LogP contribution in [0.1, 0.15) is 18.4 Å². The van der Waals surface area contributed by atoms with Crippen molar-refractivity contribution in [3.05, 3.63) is 64.6 Å². The molecule has 5 nitrogen and oxygen atoms in total. The second-order valence-electron chi connectivity index (χ2n) is 7.49. The van der Waals surface area contributed by atoms with Gasteiger partial charge in [-0.3, -0.25) is 9.47 Å². The molecular weight excluding hydrogens is 338 g/mol. The van der Waals surface area contributed by atoms with E-state index in [1.165, 1.54) is 24.8 Å². The monoisotopic (exact) mass is 365 g/mol. The Morgan fingerprint density at radius 2 is 1.89 bits per heavy atom. The number of aromatic amines is 1. The number of imidazole rings is 1. The number of aryl methyl sites for hydroxylation is 1.